The SMILES string of the molecule is CS(=O)(=O)N1CCCC(O)(CN2CCC(Cn3nc4c(cc3=O)CCC4)CC2)C1. The summed E-state index contributed by atoms with van der Waals surface area (Å²) in [5, 5.41) is 15.6. The Morgan fingerprint density at radius 3 is 2.69 bits per heavy atom. The summed E-state index contributed by atoms with van der Waals surface area (Å²) in [6, 6.07) is 1.76. The van der Waals surface area contributed by atoms with Crippen molar-refractivity contribution in [2.45, 2.75) is 57.1 Å². The van der Waals surface area contributed by atoms with Gasteiger partial charge >= 0.3 is 0 Å². The number of nitrogens with zero attached hydrogens (tertiary/aromatic N) is 4. The van der Waals surface area contributed by atoms with Gasteiger partial charge in [-0.25, -0.2) is 13.1 Å². The Bertz CT molecular complexity index is 908. The molecule has 0 spiro atoms. The molecule has 0 aromatic carbocycles. The monoisotopic (exact) mass is 424 g/mol. The van der Waals surface area contributed by atoms with Crippen LogP contribution in [0.5, 0.6) is 0 Å². The highest BCUT2D eigenvalue weighted by molar-refractivity contribution is 7.88. The highest BCUT2D eigenvalue weighted by Gasteiger charge is 2.38. The third kappa shape index (κ3) is 4.90. The van der Waals surface area contributed by atoms with Crippen molar-refractivity contribution in [3.8, 4) is 0 Å². The van der Waals surface area contributed by atoms with Gasteiger partial charge in [0.05, 0.1) is 17.6 Å². The molecule has 29 heavy (non-hydrogen) atoms. The molecule has 1 aromatic rings. The molecule has 0 radical (unpaired) electrons. The standard InChI is InChI=1S/C20H32N4O4S/c1-29(27,28)23-9-3-8-20(26,15-23)14-22-10-6-16(7-11-22)13-24-19(25)12-17-4-2-5-18(17)21-24/h12,16,26H,2-11,13-15H2,1H3. The lowest BCUT2D eigenvalue weighted by atomic mass is 9.91. The van der Waals surface area contributed by atoms with E-state index in [0.29, 0.717) is 38.4 Å². The average Bonchev–Trinajstić information content (AvgIpc) is 3.10. The molecule has 0 saturated carbocycles. The summed E-state index contributed by atoms with van der Waals surface area (Å²) in [5.41, 5.74) is 1.22. The molecule has 1 unspecified atom stereocenters. The minimum absolute atomic E-state index is 0.00506. The summed E-state index contributed by atoms with van der Waals surface area (Å²) in [4.78, 5) is 14.6. The van der Waals surface area contributed by atoms with Crippen LogP contribution >= 0.6 is 0 Å². The predicted octanol–water partition coefficient (Wildman–Crippen LogP) is 0.231. The molecule has 0 amide bonds. The van der Waals surface area contributed by atoms with Gasteiger partial charge in [-0.05, 0) is 69.5 Å². The van der Waals surface area contributed by atoms with Crippen LogP contribution in [0.1, 0.15) is 43.4 Å². The Labute approximate surface area is 172 Å². The molecule has 162 valence electrons. The summed E-state index contributed by atoms with van der Waals surface area (Å²) in [5.74, 6) is 0.407. The summed E-state index contributed by atoms with van der Waals surface area (Å²) in [6.45, 7) is 3.54. The van der Waals surface area contributed by atoms with Crippen molar-refractivity contribution in [1.29, 1.82) is 0 Å². The molecule has 9 heteroatoms. The van der Waals surface area contributed by atoms with Crippen LogP contribution in [0.3, 0.4) is 0 Å². The number of rotatable bonds is 5. The molecular weight excluding hydrogens is 392 g/mol. The number of aliphatic hydroxyl groups is 1. The normalized spacial score (nSPS) is 27.2. The van der Waals surface area contributed by atoms with E-state index in [2.05, 4.69) is 10.00 Å². The fourth-order valence-corrected chi connectivity index (χ4v) is 5.98. The number of hydrogen-bond donors (Lipinski definition) is 1. The van der Waals surface area contributed by atoms with E-state index in [1.807, 2.05) is 0 Å². The Kier molecular flexibility index (Phi) is 5.85. The number of sulfonamides is 1. The van der Waals surface area contributed by atoms with Crippen LogP contribution in [0.2, 0.25) is 0 Å². The molecule has 2 aliphatic heterocycles. The number of fused-ring (bicyclic) bond motifs is 1. The van der Waals surface area contributed by atoms with E-state index in [4.69, 9.17) is 0 Å². The van der Waals surface area contributed by atoms with Gasteiger partial charge in [0.15, 0.2) is 0 Å². The fourth-order valence-electron chi connectivity index (χ4n) is 5.04. The van der Waals surface area contributed by atoms with Crippen LogP contribution in [-0.2, 0) is 29.4 Å². The smallest absolute Gasteiger partial charge is 0.267 e. The molecule has 3 aliphatic rings. The summed E-state index contributed by atoms with van der Waals surface area (Å²) in [7, 11) is -3.27. The first-order chi connectivity index (χ1) is 13.7. The van der Waals surface area contributed by atoms with E-state index in [0.717, 1.165) is 56.5 Å². The van der Waals surface area contributed by atoms with Crippen molar-refractivity contribution < 1.29 is 13.5 Å². The molecule has 2 saturated heterocycles. The maximum absolute atomic E-state index is 12.3. The van der Waals surface area contributed by atoms with E-state index in [1.54, 1.807) is 10.7 Å². The molecule has 8 nitrogen and oxygen atoms in total. The van der Waals surface area contributed by atoms with Crippen molar-refractivity contribution in [3.05, 3.63) is 27.7 Å². The van der Waals surface area contributed by atoms with Gasteiger partial charge in [0.25, 0.3) is 5.56 Å². The Hall–Kier alpha value is -1.29. The molecular formula is C20H32N4O4S. The zero-order chi connectivity index (χ0) is 20.6. The van der Waals surface area contributed by atoms with Crippen LogP contribution < -0.4 is 5.56 Å². The minimum Gasteiger partial charge on any atom is -0.387 e. The van der Waals surface area contributed by atoms with Crippen molar-refractivity contribution in [1.82, 2.24) is 19.0 Å². The predicted molar refractivity (Wildman–Crippen MR) is 110 cm³/mol. The third-order valence-corrected chi connectivity index (χ3v) is 7.92. The summed E-state index contributed by atoms with van der Waals surface area (Å²) >= 11 is 0. The lowest BCUT2D eigenvalue weighted by Gasteiger charge is -2.42. The lowest BCUT2D eigenvalue weighted by molar-refractivity contribution is -0.0409. The van der Waals surface area contributed by atoms with Crippen LogP contribution in [0.15, 0.2) is 10.9 Å². The van der Waals surface area contributed by atoms with Crippen LogP contribution in [-0.4, -0.2) is 77.1 Å². The van der Waals surface area contributed by atoms with Gasteiger partial charge in [-0.15, -0.1) is 0 Å². The molecule has 1 atom stereocenters. The summed E-state index contributed by atoms with van der Waals surface area (Å²) in [6.07, 6.45) is 7.46. The van der Waals surface area contributed by atoms with Crippen LogP contribution in [0.4, 0.5) is 0 Å². The second kappa shape index (κ2) is 8.09. The van der Waals surface area contributed by atoms with Gasteiger partial charge in [0.2, 0.25) is 10.0 Å². The fraction of sp³-hybridized carbons (Fsp3) is 0.800. The zero-order valence-corrected chi connectivity index (χ0v) is 18.0. The Balaban J connectivity index is 1.31. The van der Waals surface area contributed by atoms with E-state index in [9.17, 15) is 18.3 Å². The van der Waals surface area contributed by atoms with Crippen LogP contribution in [0.25, 0.3) is 0 Å². The first kappa shape index (κ1) is 21.0. The van der Waals surface area contributed by atoms with Crippen molar-refractivity contribution >= 4 is 10.0 Å². The number of aromatic nitrogens is 2. The summed E-state index contributed by atoms with van der Waals surface area (Å²) < 4.78 is 26.7. The van der Waals surface area contributed by atoms with E-state index >= 15 is 0 Å². The third-order valence-electron chi connectivity index (χ3n) is 6.67. The minimum atomic E-state index is -3.27. The van der Waals surface area contributed by atoms with E-state index < -0.39 is 15.6 Å². The lowest BCUT2D eigenvalue weighted by Crippen LogP contribution is -2.56. The molecule has 3 heterocycles. The highest BCUT2D eigenvalue weighted by Crippen LogP contribution is 2.27. The molecule has 0 bridgehead atoms. The van der Waals surface area contributed by atoms with E-state index in [-0.39, 0.29) is 12.1 Å². The highest BCUT2D eigenvalue weighted by atomic mass is 32.2. The molecule has 1 aliphatic carbocycles. The Morgan fingerprint density at radius 1 is 1.21 bits per heavy atom. The second-order valence-corrected chi connectivity index (χ2v) is 11.1. The van der Waals surface area contributed by atoms with Crippen molar-refractivity contribution in [3.63, 3.8) is 0 Å². The first-order valence-electron chi connectivity index (χ1n) is 10.7. The maximum Gasteiger partial charge on any atom is 0.267 e. The van der Waals surface area contributed by atoms with Crippen molar-refractivity contribution in [2.24, 2.45) is 5.92 Å². The quantitative estimate of drug-likeness (QED) is 0.727. The van der Waals surface area contributed by atoms with Gasteiger partial charge in [0, 0.05) is 32.2 Å². The maximum atomic E-state index is 12.3. The van der Waals surface area contributed by atoms with Crippen molar-refractivity contribution in [2.75, 3.05) is 39.0 Å². The molecule has 1 aromatic heterocycles. The number of likely N-dealkylation sites (tertiary alicyclic amines) is 1. The first-order valence-corrected chi connectivity index (χ1v) is 12.6. The topological polar surface area (TPSA) is 95.7 Å². The Morgan fingerprint density at radius 2 is 1.97 bits per heavy atom. The molecule has 2 fully saturated rings. The number of β-amino-alcohol motifs (C(OH)–C–C–N with tert-alkyl or cyclic N) is 1. The van der Waals surface area contributed by atoms with Gasteiger partial charge in [-0.3, -0.25) is 4.79 Å². The number of aryl methyl sites for hydroxylation is 2. The number of piperidine rings is 2. The van der Waals surface area contributed by atoms with Gasteiger partial charge in [0.1, 0.15) is 0 Å². The number of hydrogen-bond acceptors (Lipinski definition) is 6. The van der Waals surface area contributed by atoms with Gasteiger partial charge in [-0.1, -0.05) is 0 Å². The van der Waals surface area contributed by atoms with Gasteiger partial charge in [-0.2, -0.15) is 9.40 Å². The molecule has 4 rings (SSSR count). The van der Waals surface area contributed by atoms with E-state index in [1.165, 1.54) is 10.6 Å². The van der Waals surface area contributed by atoms with Crippen LogP contribution in [0, 0.1) is 5.92 Å². The largest absolute Gasteiger partial charge is 0.387 e. The zero-order valence-electron chi connectivity index (χ0n) is 17.2. The van der Waals surface area contributed by atoms with Gasteiger partial charge < -0.3 is 10.0 Å². The second-order valence-electron chi connectivity index (χ2n) is 9.13. The average molecular weight is 425 g/mol. The molecule has 1 N–H and O–H groups in total.